The fraction of sp³-hybridized carbons (Fsp3) is 0.478. The number of carbonyl (C=O) groups is 10. The van der Waals surface area contributed by atoms with Crippen molar-refractivity contribution < 1.29 is 66.9 Å². The van der Waals surface area contributed by atoms with Gasteiger partial charge in [-0.3, -0.25) is 38.4 Å². The van der Waals surface area contributed by atoms with E-state index in [1.807, 2.05) is 56.3 Å². The fourth-order valence-electron chi connectivity index (χ4n) is 11.6. The number of hydrogen-bond acceptors (Lipinski definition) is 14. The van der Waals surface area contributed by atoms with Crippen molar-refractivity contribution >= 4 is 64.8 Å². The molecule has 2 fully saturated rings. The molecule has 6 atom stereocenters. The van der Waals surface area contributed by atoms with Crippen molar-refractivity contribution in [2.45, 2.75) is 141 Å². The van der Waals surface area contributed by atoms with Crippen molar-refractivity contribution in [2.24, 2.45) is 11.3 Å². The molecule has 2 saturated heterocycles. The van der Waals surface area contributed by atoms with Crippen molar-refractivity contribution in [3.8, 4) is 11.5 Å². The van der Waals surface area contributed by atoms with Gasteiger partial charge in [-0.2, -0.15) is 0 Å². The van der Waals surface area contributed by atoms with Crippen molar-refractivity contribution in [2.75, 3.05) is 66.9 Å². The highest BCUT2D eigenvalue weighted by Crippen LogP contribution is 2.34. The van der Waals surface area contributed by atoms with E-state index in [2.05, 4.69) is 10.6 Å². The summed E-state index contributed by atoms with van der Waals surface area (Å²) in [5.41, 5.74) is 1.30. The van der Waals surface area contributed by atoms with Crippen LogP contribution in [0.1, 0.15) is 126 Å². The predicted molar refractivity (Wildman–Crippen MR) is 336 cm³/mol. The molecule has 0 spiro atoms. The molecule has 2 bridgehead atoms. The lowest BCUT2D eigenvalue weighted by Gasteiger charge is -2.37. The van der Waals surface area contributed by atoms with E-state index in [0.29, 0.717) is 66.8 Å². The van der Waals surface area contributed by atoms with Gasteiger partial charge >= 0.3 is 11.9 Å². The lowest BCUT2D eigenvalue weighted by atomic mass is 9.87. The summed E-state index contributed by atoms with van der Waals surface area (Å²) < 4.78 is 22.9. The van der Waals surface area contributed by atoms with Gasteiger partial charge in [0.25, 0.3) is 5.91 Å². The topological polar surface area (TPSA) is 248 Å². The summed E-state index contributed by atoms with van der Waals surface area (Å²) in [6.07, 6.45) is 4.37. The highest BCUT2D eigenvalue weighted by molar-refractivity contribution is 6.38. The Hall–Kier alpha value is -8.88. The van der Waals surface area contributed by atoms with Gasteiger partial charge < -0.3 is 54.1 Å². The molecule has 3 heterocycles. The number of likely N-dealkylation sites (N-methyl/N-ethyl adjacent to an activating group) is 3. The lowest BCUT2D eigenvalue weighted by Crippen LogP contribution is -2.58. The first-order chi connectivity index (χ1) is 43.0. The van der Waals surface area contributed by atoms with Crippen molar-refractivity contribution in [3.63, 3.8) is 0 Å². The van der Waals surface area contributed by atoms with E-state index < -0.39 is 101 Å². The number of benzene rings is 4. The lowest BCUT2D eigenvalue weighted by molar-refractivity contribution is -0.165. The van der Waals surface area contributed by atoms with Crippen LogP contribution in [0.4, 0.5) is 5.69 Å². The Bertz CT molecular complexity index is 3240. The highest BCUT2D eigenvalue weighted by atomic mass is 16.5. The van der Waals surface area contributed by atoms with Crippen molar-refractivity contribution in [1.82, 2.24) is 29.8 Å². The molecule has 7 rings (SSSR count). The summed E-state index contributed by atoms with van der Waals surface area (Å²) >= 11 is 0. The van der Waals surface area contributed by atoms with Crippen LogP contribution >= 0.6 is 0 Å². The Morgan fingerprint density at radius 1 is 0.633 bits per heavy atom. The Balaban J connectivity index is 1.20. The fourth-order valence-corrected chi connectivity index (χ4v) is 11.6. The van der Waals surface area contributed by atoms with E-state index in [-0.39, 0.29) is 70.0 Å². The minimum Gasteiger partial charge on any atom is -0.493 e. The molecule has 21 heteroatoms. The number of esters is 2. The highest BCUT2D eigenvalue weighted by Gasteiger charge is 2.45. The number of ether oxygens (including phenoxy) is 4. The van der Waals surface area contributed by atoms with Gasteiger partial charge in [0.15, 0.2) is 11.5 Å². The molecule has 0 saturated carbocycles. The number of carbonyl (C=O) groups excluding carboxylic acids is 10. The summed E-state index contributed by atoms with van der Waals surface area (Å²) in [6, 6.07) is 24.4. The molecule has 4 aromatic carbocycles. The molecule has 482 valence electrons. The monoisotopic (exact) mass is 1240 g/mol. The van der Waals surface area contributed by atoms with Gasteiger partial charge in [-0.1, -0.05) is 98.8 Å². The van der Waals surface area contributed by atoms with Crippen molar-refractivity contribution in [3.05, 3.63) is 138 Å². The Labute approximate surface area is 527 Å². The quantitative estimate of drug-likeness (QED) is 0.116. The smallest absolute Gasteiger partial charge is 0.330 e. The summed E-state index contributed by atoms with van der Waals surface area (Å²) in [5, 5.41) is 5.70. The second-order valence-corrected chi connectivity index (χ2v) is 24.5. The largest absolute Gasteiger partial charge is 0.493 e. The molecule has 3 aliphatic heterocycles. The first-order valence-electron chi connectivity index (χ1n) is 31.0. The van der Waals surface area contributed by atoms with Crippen LogP contribution in [-0.2, 0) is 70.3 Å². The van der Waals surface area contributed by atoms with Crippen LogP contribution < -0.4 is 20.1 Å². The maximum absolute atomic E-state index is 15.2. The Kier molecular flexibility index (Phi) is 24.4. The second-order valence-electron chi connectivity index (χ2n) is 24.5. The van der Waals surface area contributed by atoms with Gasteiger partial charge in [0, 0.05) is 71.8 Å². The number of ketones is 1. The summed E-state index contributed by atoms with van der Waals surface area (Å²) in [6.45, 7) is 6.82. The number of amides is 7. The van der Waals surface area contributed by atoms with E-state index in [9.17, 15) is 38.4 Å². The van der Waals surface area contributed by atoms with Gasteiger partial charge in [0.1, 0.15) is 42.9 Å². The van der Waals surface area contributed by atoms with Crippen LogP contribution in [0.5, 0.6) is 11.5 Å². The normalized spacial score (nSPS) is 23.0. The number of methoxy groups -OCH3 is 2. The minimum absolute atomic E-state index is 0.0265. The van der Waals surface area contributed by atoms with E-state index in [4.69, 9.17) is 18.9 Å². The number of rotatable bonds is 10. The number of nitrogens with zero attached hydrogens (tertiary/aromatic N) is 5. The zero-order valence-corrected chi connectivity index (χ0v) is 53.3. The number of anilines is 1. The Morgan fingerprint density at radius 2 is 1.29 bits per heavy atom. The third kappa shape index (κ3) is 17.9. The molecular weight excluding hydrogens is 1150 g/mol. The first-order valence-corrected chi connectivity index (χ1v) is 31.0. The maximum Gasteiger partial charge on any atom is 0.330 e. The van der Waals surface area contributed by atoms with Gasteiger partial charge in [-0.15, -0.1) is 0 Å². The van der Waals surface area contributed by atoms with E-state index in [1.54, 1.807) is 74.8 Å². The molecule has 4 aromatic rings. The third-order valence-corrected chi connectivity index (χ3v) is 16.9. The molecule has 2 unspecified atom stereocenters. The molecule has 0 aromatic heterocycles. The number of hydrogen-bond donors (Lipinski definition) is 2. The second kappa shape index (κ2) is 32.0. The van der Waals surface area contributed by atoms with Crippen LogP contribution in [0.15, 0.2) is 115 Å². The predicted octanol–water partition coefficient (Wildman–Crippen LogP) is 7.37. The van der Waals surface area contributed by atoms with Gasteiger partial charge in [-0.05, 0) is 124 Å². The van der Waals surface area contributed by atoms with Crippen LogP contribution in [-0.4, -0.2) is 169 Å². The average molecular weight is 1240 g/mol. The number of nitrogens with one attached hydrogen (secondary N) is 2. The number of piperidine rings is 1. The number of fused-ring (bicyclic) bond motifs is 4. The average Bonchev–Trinajstić information content (AvgIpc) is 1.52. The standard InChI is InChI=1S/C69H87N7O14/c1-45(2)40-53-63(81)72(5)37-18-17-30-60(79)89-44-69(3,4)62(80)67(85)76-38-19-16-28-52(76)68(86)90-55(33-31-47-32-34-56(87-8)57(42-47)88-9)49-26-20-27-50(43-49)70-58(77)35-36-59(78)71-61(48-24-14-11-15-25-48)66(84)74(7)54(41-46-22-12-10-13-23-46)65(83)75-39-21-29-51(75)64(82)73(53)6/h10-15,17,20,22-27,30,32,34,42-43,45,51-55,61H,16,18-19,21,28-29,31,33,35-41,44H2,1-9H3,(H,70,77)(H,71,78)/t51?,52?,53-,54-,55+,61-/m0/s1. The minimum atomic E-state index is -1.51. The zero-order valence-electron chi connectivity index (χ0n) is 53.3. The molecular formula is C69H87N7O14. The molecule has 3 aliphatic rings. The molecule has 21 nitrogen and oxygen atoms in total. The van der Waals surface area contributed by atoms with Crippen molar-refractivity contribution in [1.29, 1.82) is 0 Å². The maximum atomic E-state index is 15.2. The van der Waals surface area contributed by atoms with Gasteiger partial charge in [-0.25, -0.2) is 9.59 Å². The first kappa shape index (κ1) is 68.6. The van der Waals surface area contributed by atoms with Crippen LogP contribution in [0.2, 0.25) is 0 Å². The van der Waals surface area contributed by atoms with Crippen LogP contribution in [0.25, 0.3) is 0 Å². The zero-order chi connectivity index (χ0) is 65.2. The van der Waals surface area contributed by atoms with Gasteiger partial charge in [0.05, 0.1) is 19.6 Å². The van der Waals surface area contributed by atoms with Crippen LogP contribution in [0, 0.1) is 11.3 Å². The van der Waals surface area contributed by atoms with E-state index in [1.165, 1.54) is 71.8 Å². The summed E-state index contributed by atoms with van der Waals surface area (Å²) in [4.78, 5) is 150. The molecule has 90 heavy (non-hydrogen) atoms. The molecule has 0 aliphatic carbocycles. The number of cyclic esters (lactones) is 2. The van der Waals surface area contributed by atoms with E-state index >= 15 is 9.59 Å². The summed E-state index contributed by atoms with van der Waals surface area (Å²) in [7, 11) is 7.70. The molecule has 2 N–H and O–H groups in total. The van der Waals surface area contributed by atoms with Crippen LogP contribution in [0.3, 0.4) is 0 Å². The molecule has 7 amide bonds. The van der Waals surface area contributed by atoms with E-state index in [0.717, 1.165) is 11.1 Å². The number of Topliss-reactive ketones (excluding diaryl/α,β-unsaturated/α-hetero) is 1. The third-order valence-electron chi connectivity index (χ3n) is 16.9. The Morgan fingerprint density at radius 3 is 1.99 bits per heavy atom. The number of aryl methyl sites for hydroxylation is 1. The summed E-state index contributed by atoms with van der Waals surface area (Å²) in [5.74, 6) is -5.41. The SMILES string of the molecule is COc1ccc(CC[C@H]2OC(=O)C3CCCCN3C(=O)C(=O)C(C)(C)COC(=O)C=CCCN(C)C(=O)[C@H](CC(C)C)N(C)C(=O)C3CCCN3C(=O)[C@H](Cc3ccccc3)N(C)C(=O)[C@H](c3ccccc3)NC(=O)CCC(=O)Nc3cccc2c3)cc1OC. The van der Waals surface area contributed by atoms with Gasteiger partial charge in [0.2, 0.25) is 41.2 Å². The molecule has 0 radical (unpaired) electrons.